The molecule has 0 bridgehead atoms. The van der Waals surface area contributed by atoms with Gasteiger partial charge in [-0.1, -0.05) is 6.92 Å². The molecule has 18 heavy (non-hydrogen) atoms. The number of hydrogen-bond acceptors (Lipinski definition) is 5. The number of ether oxygens (including phenoxy) is 1. The van der Waals surface area contributed by atoms with Crippen molar-refractivity contribution in [3.8, 4) is 5.88 Å². The lowest BCUT2D eigenvalue weighted by molar-refractivity contribution is -0.142. The Balaban J connectivity index is 2.13. The van der Waals surface area contributed by atoms with Crippen LogP contribution in [0.4, 0.5) is 5.82 Å². The molecule has 98 valence electrons. The standard InChI is InChI=1S/C12H17N3O3/c1-3-18-11-5-13-4-10(14-11)15-6-8(2)9(7-15)12(16)17/h4-5,8-9H,3,6-7H2,1-2H3,(H,16,17). The molecule has 2 rings (SSSR count). The van der Waals surface area contributed by atoms with Crippen molar-refractivity contribution >= 4 is 11.8 Å². The number of carboxylic acid groups (broad SMARTS) is 1. The Kier molecular flexibility index (Phi) is 3.64. The molecule has 2 heterocycles. The van der Waals surface area contributed by atoms with Crippen molar-refractivity contribution in [3.63, 3.8) is 0 Å². The maximum absolute atomic E-state index is 11.1. The highest BCUT2D eigenvalue weighted by molar-refractivity contribution is 5.72. The van der Waals surface area contributed by atoms with E-state index in [0.717, 1.165) is 0 Å². The van der Waals surface area contributed by atoms with Crippen molar-refractivity contribution in [2.24, 2.45) is 11.8 Å². The topological polar surface area (TPSA) is 75.5 Å². The van der Waals surface area contributed by atoms with E-state index in [1.807, 2.05) is 18.7 Å². The van der Waals surface area contributed by atoms with Crippen molar-refractivity contribution in [3.05, 3.63) is 12.4 Å². The average Bonchev–Trinajstić information content (AvgIpc) is 2.72. The van der Waals surface area contributed by atoms with E-state index in [0.29, 0.717) is 31.4 Å². The first-order valence-corrected chi connectivity index (χ1v) is 6.04. The summed E-state index contributed by atoms with van der Waals surface area (Å²) < 4.78 is 5.29. The number of carbonyl (C=O) groups is 1. The summed E-state index contributed by atoms with van der Waals surface area (Å²) in [6.45, 7) is 5.51. The second kappa shape index (κ2) is 5.20. The van der Waals surface area contributed by atoms with Gasteiger partial charge in [-0.2, -0.15) is 4.98 Å². The molecule has 2 unspecified atom stereocenters. The maximum atomic E-state index is 11.1. The zero-order valence-corrected chi connectivity index (χ0v) is 10.5. The first-order chi connectivity index (χ1) is 8.61. The molecule has 6 heteroatoms. The van der Waals surface area contributed by atoms with Crippen molar-refractivity contribution in [2.45, 2.75) is 13.8 Å². The van der Waals surface area contributed by atoms with Gasteiger partial charge >= 0.3 is 5.97 Å². The van der Waals surface area contributed by atoms with Crippen LogP contribution in [0.2, 0.25) is 0 Å². The smallest absolute Gasteiger partial charge is 0.308 e. The number of hydrogen-bond donors (Lipinski definition) is 1. The molecule has 0 aliphatic carbocycles. The van der Waals surface area contributed by atoms with Gasteiger partial charge in [-0.05, 0) is 12.8 Å². The van der Waals surface area contributed by atoms with Crippen LogP contribution in [-0.4, -0.2) is 40.7 Å². The third kappa shape index (κ3) is 2.52. The summed E-state index contributed by atoms with van der Waals surface area (Å²) in [5.74, 6) is 0.166. The van der Waals surface area contributed by atoms with Crippen LogP contribution in [0.5, 0.6) is 5.88 Å². The molecule has 1 fully saturated rings. The molecule has 0 spiro atoms. The fraction of sp³-hybridized carbons (Fsp3) is 0.583. The molecule has 0 amide bonds. The lowest BCUT2D eigenvalue weighted by Crippen LogP contribution is -2.23. The molecule has 2 atom stereocenters. The zero-order valence-electron chi connectivity index (χ0n) is 10.5. The Morgan fingerprint density at radius 1 is 1.56 bits per heavy atom. The quantitative estimate of drug-likeness (QED) is 0.861. The zero-order chi connectivity index (χ0) is 13.1. The van der Waals surface area contributed by atoms with E-state index >= 15 is 0 Å². The molecule has 1 aromatic heterocycles. The largest absolute Gasteiger partial charge is 0.481 e. The van der Waals surface area contributed by atoms with E-state index in [1.54, 1.807) is 12.4 Å². The van der Waals surface area contributed by atoms with Gasteiger partial charge in [-0.15, -0.1) is 0 Å². The third-order valence-electron chi connectivity index (χ3n) is 3.15. The minimum Gasteiger partial charge on any atom is -0.481 e. The lowest BCUT2D eigenvalue weighted by atomic mass is 9.99. The third-order valence-corrected chi connectivity index (χ3v) is 3.15. The Hall–Kier alpha value is -1.85. The monoisotopic (exact) mass is 251 g/mol. The van der Waals surface area contributed by atoms with Crippen LogP contribution < -0.4 is 9.64 Å². The predicted molar refractivity (Wildman–Crippen MR) is 65.7 cm³/mol. The van der Waals surface area contributed by atoms with Crippen LogP contribution in [0, 0.1) is 11.8 Å². The van der Waals surface area contributed by atoms with Crippen molar-refractivity contribution in [1.29, 1.82) is 0 Å². The Morgan fingerprint density at radius 3 is 2.94 bits per heavy atom. The second-order valence-electron chi connectivity index (χ2n) is 4.48. The molecule has 0 saturated carbocycles. The summed E-state index contributed by atoms with van der Waals surface area (Å²) in [5.41, 5.74) is 0. The summed E-state index contributed by atoms with van der Waals surface area (Å²) in [5, 5.41) is 9.10. The number of nitrogens with zero attached hydrogens (tertiary/aromatic N) is 3. The molecule has 1 aliphatic heterocycles. The van der Waals surface area contributed by atoms with Gasteiger partial charge in [0.15, 0.2) is 5.82 Å². The Bertz CT molecular complexity index is 438. The van der Waals surface area contributed by atoms with Gasteiger partial charge < -0.3 is 14.7 Å². The summed E-state index contributed by atoms with van der Waals surface area (Å²) in [6.07, 6.45) is 3.20. The Labute approximate surface area is 106 Å². The van der Waals surface area contributed by atoms with E-state index < -0.39 is 5.97 Å². The number of anilines is 1. The van der Waals surface area contributed by atoms with Gasteiger partial charge in [0.1, 0.15) is 0 Å². The summed E-state index contributed by atoms with van der Waals surface area (Å²) in [6, 6.07) is 0. The molecular weight excluding hydrogens is 234 g/mol. The van der Waals surface area contributed by atoms with E-state index in [9.17, 15) is 4.79 Å². The van der Waals surface area contributed by atoms with Crippen LogP contribution in [0.15, 0.2) is 12.4 Å². The molecular formula is C12H17N3O3. The highest BCUT2D eigenvalue weighted by atomic mass is 16.5. The first kappa shape index (κ1) is 12.6. The normalized spacial score (nSPS) is 23.1. The molecule has 0 aromatic carbocycles. The van der Waals surface area contributed by atoms with E-state index in [2.05, 4.69) is 9.97 Å². The second-order valence-corrected chi connectivity index (χ2v) is 4.48. The molecule has 1 N–H and O–H groups in total. The number of aliphatic carboxylic acids is 1. The molecule has 1 aliphatic rings. The molecule has 1 aromatic rings. The van der Waals surface area contributed by atoms with Gasteiger partial charge in [-0.25, -0.2) is 0 Å². The fourth-order valence-electron chi connectivity index (χ4n) is 2.18. The van der Waals surface area contributed by atoms with Crippen molar-refractivity contribution < 1.29 is 14.6 Å². The van der Waals surface area contributed by atoms with E-state index in [1.165, 1.54) is 0 Å². The minimum atomic E-state index is -0.751. The van der Waals surface area contributed by atoms with Gasteiger partial charge in [-0.3, -0.25) is 9.78 Å². The Morgan fingerprint density at radius 2 is 2.33 bits per heavy atom. The van der Waals surface area contributed by atoms with Crippen LogP contribution in [0.3, 0.4) is 0 Å². The predicted octanol–water partition coefficient (Wildman–Crippen LogP) is 1.03. The highest BCUT2D eigenvalue weighted by Crippen LogP contribution is 2.27. The molecule has 0 radical (unpaired) electrons. The maximum Gasteiger partial charge on any atom is 0.308 e. The van der Waals surface area contributed by atoms with Gasteiger partial charge in [0.25, 0.3) is 0 Å². The van der Waals surface area contributed by atoms with Gasteiger partial charge in [0.05, 0.1) is 24.9 Å². The summed E-state index contributed by atoms with van der Waals surface area (Å²) in [7, 11) is 0. The van der Waals surface area contributed by atoms with Crippen LogP contribution >= 0.6 is 0 Å². The molecule has 1 saturated heterocycles. The highest BCUT2D eigenvalue weighted by Gasteiger charge is 2.35. The van der Waals surface area contributed by atoms with Crippen LogP contribution in [0.25, 0.3) is 0 Å². The lowest BCUT2D eigenvalue weighted by Gasteiger charge is -2.16. The van der Waals surface area contributed by atoms with Crippen molar-refractivity contribution in [1.82, 2.24) is 9.97 Å². The fourth-order valence-corrected chi connectivity index (χ4v) is 2.18. The summed E-state index contributed by atoms with van der Waals surface area (Å²) >= 11 is 0. The van der Waals surface area contributed by atoms with Crippen LogP contribution in [0.1, 0.15) is 13.8 Å². The minimum absolute atomic E-state index is 0.111. The van der Waals surface area contributed by atoms with Crippen molar-refractivity contribution in [2.75, 3.05) is 24.6 Å². The SMILES string of the molecule is CCOc1cncc(N2CC(C)C(C(=O)O)C2)n1. The summed E-state index contributed by atoms with van der Waals surface area (Å²) in [4.78, 5) is 21.4. The van der Waals surface area contributed by atoms with Gasteiger partial charge in [0.2, 0.25) is 5.88 Å². The van der Waals surface area contributed by atoms with Gasteiger partial charge in [0, 0.05) is 13.1 Å². The average molecular weight is 251 g/mol. The first-order valence-electron chi connectivity index (χ1n) is 6.04. The van der Waals surface area contributed by atoms with E-state index in [4.69, 9.17) is 9.84 Å². The van der Waals surface area contributed by atoms with E-state index in [-0.39, 0.29) is 11.8 Å². The van der Waals surface area contributed by atoms with Crippen LogP contribution in [-0.2, 0) is 4.79 Å². The number of carboxylic acids is 1. The molecule has 6 nitrogen and oxygen atoms in total. The number of rotatable bonds is 4. The number of aromatic nitrogens is 2.